The first-order chi connectivity index (χ1) is 5.62. The largest absolute Gasteiger partial charge is 0.308 e. The molecule has 0 rings (SSSR count). The van der Waals surface area contributed by atoms with Crippen LogP contribution >= 0.6 is 0 Å². The van der Waals surface area contributed by atoms with Crippen LogP contribution in [0.1, 0.15) is 46.5 Å². The molecular formula is C11H23N. The van der Waals surface area contributed by atoms with Crippen LogP contribution in [0, 0.1) is 0 Å². The number of hydrogen-bond donors (Lipinski definition) is 1. The molecule has 0 aromatic heterocycles. The fraction of sp³-hybridized carbons (Fsp3) is 0.818. The molecular weight excluding hydrogens is 146 g/mol. The third kappa shape index (κ3) is 6.41. The number of rotatable bonds is 7. The summed E-state index contributed by atoms with van der Waals surface area (Å²) in [6, 6.07) is 0. The quantitative estimate of drug-likeness (QED) is 0.456. The summed E-state index contributed by atoms with van der Waals surface area (Å²) in [7, 11) is 0. The molecule has 0 heterocycles. The normalized spacial score (nSPS) is 11.6. The zero-order valence-corrected chi connectivity index (χ0v) is 8.82. The highest BCUT2D eigenvalue weighted by atomic mass is 14.9. The third-order valence-electron chi connectivity index (χ3n) is 2.13. The summed E-state index contributed by atoms with van der Waals surface area (Å²) in [4.78, 5) is 0. The minimum absolute atomic E-state index is 0.281. The van der Waals surface area contributed by atoms with E-state index in [9.17, 15) is 0 Å². The van der Waals surface area contributed by atoms with Crippen LogP contribution in [0.15, 0.2) is 12.7 Å². The van der Waals surface area contributed by atoms with Crippen molar-refractivity contribution in [2.75, 3.05) is 6.54 Å². The minimum atomic E-state index is 0.281. The maximum absolute atomic E-state index is 3.70. The Balaban J connectivity index is 3.48. The van der Waals surface area contributed by atoms with E-state index in [2.05, 4.69) is 32.7 Å². The molecule has 1 nitrogen and oxygen atoms in total. The van der Waals surface area contributed by atoms with E-state index in [1.54, 1.807) is 0 Å². The summed E-state index contributed by atoms with van der Waals surface area (Å²) in [5.74, 6) is 0. The minimum Gasteiger partial charge on any atom is -0.308 e. The average molecular weight is 169 g/mol. The maximum atomic E-state index is 3.70. The maximum Gasteiger partial charge on any atom is 0.0137 e. The van der Waals surface area contributed by atoms with E-state index < -0.39 is 0 Å². The molecule has 0 atom stereocenters. The van der Waals surface area contributed by atoms with Crippen LogP contribution in [-0.4, -0.2) is 12.1 Å². The standard InChI is InChI=1S/C11H23N/c1-5-7-8-9-11(3,4)12-10-6-2/h6,12H,2,5,7-10H2,1,3-4H3. The molecule has 1 heteroatoms. The molecule has 0 aliphatic carbocycles. The Morgan fingerprint density at radius 3 is 2.50 bits per heavy atom. The molecule has 1 N–H and O–H groups in total. The van der Waals surface area contributed by atoms with Gasteiger partial charge in [-0.05, 0) is 20.3 Å². The van der Waals surface area contributed by atoms with Crippen molar-refractivity contribution in [1.29, 1.82) is 0 Å². The molecule has 72 valence electrons. The second-order valence-corrected chi connectivity index (χ2v) is 4.01. The molecule has 0 saturated carbocycles. The van der Waals surface area contributed by atoms with Crippen LogP contribution in [-0.2, 0) is 0 Å². The predicted octanol–water partition coefficient (Wildman–Crippen LogP) is 3.12. The topological polar surface area (TPSA) is 12.0 Å². The van der Waals surface area contributed by atoms with E-state index >= 15 is 0 Å². The van der Waals surface area contributed by atoms with Crippen LogP contribution in [0.5, 0.6) is 0 Å². The van der Waals surface area contributed by atoms with Gasteiger partial charge in [0.25, 0.3) is 0 Å². The predicted molar refractivity (Wildman–Crippen MR) is 56.4 cm³/mol. The lowest BCUT2D eigenvalue weighted by Gasteiger charge is -2.25. The van der Waals surface area contributed by atoms with Crippen LogP contribution in [0.3, 0.4) is 0 Å². The average Bonchev–Trinajstić information content (AvgIpc) is 2.01. The molecule has 0 spiro atoms. The molecule has 0 unspecified atom stereocenters. The van der Waals surface area contributed by atoms with Crippen LogP contribution in [0.4, 0.5) is 0 Å². The monoisotopic (exact) mass is 169 g/mol. The molecule has 0 aliphatic heterocycles. The Bertz CT molecular complexity index is 116. The molecule has 0 bridgehead atoms. The van der Waals surface area contributed by atoms with Gasteiger partial charge in [-0.1, -0.05) is 32.3 Å². The Morgan fingerprint density at radius 1 is 1.33 bits per heavy atom. The first-order valence-corrected chi connectivity index (χ1v) is 4.98. The zero-order chi connectivity index (χ0) is 9.45. The van der Waals surface area contributed by atoms with Crippen molar-refractivity contribution in [3.8, 4) is 0 Å². The van der Waals surface area contributed by atoms with Gasteiger partial charge in [-0.15, -0.1) is 6.58 Å². The van der Waals surface area contributed by atoms with Crippen molar-refractivity contribution < 1.29 is 0 Å². The van der Waals surface area contributed by atoms with Gasteiger partial charge in [0.15, 0.2) is 0 Å². The Kier molecular flexibility index (Phi) is 6.09. The van der Waals surface area contributed by atoms with E-state index in [0.29, 0.717) is 0 Å². The Labute approximate surface area is 77.2 Å². The van der Waals surface area contributed by atoms with Crippen molar-refractivity contribution in [2.45, 2.75) is 52.0 Å². The molecule has 0 aromatic rings. The summed E-state index contributed by atoms with van der Waals surface area (Å²) < 4.78 is 0. The van der Waals surface area contributed by atoms with Crippen LogP contribution < -0.4 is 5.32 Å². The van der Waals surface area contributed by atoms with Crippen molar-refractivity contribution in [3.63, 3.8) is 0 Å². The molecule has 12 heavy (non-hydrogen) atoms. The number of hydrogen-bond acceptors (Lipinski definition) is 1. The van der Waals surface area contributed by atoms with Gasteiger partial charge in [0, 0.05) is 12.1 Å². The smallest absolute Gasteiger partial charge is 0.0137 e. The summed E-state index contributed by atoms with van der Waals surface area (Å²) in [5.41, 5.74) is 0.281. The van der Waals surface area contributed by atoms with E-state index in [4.69, 9.17) is 0 Å². The zero-order valence-electron chi connectivity index (χ0n) is 8.82. The molecule has 0 amide bonds. The number of nitrogens with one attached hydrogen (secondary N) is 1. The fourth-order valence-corrected chi connectivity index (χ4v) is 1.25. The summed E-state index contributed by atoms with van der Waals surface area (Å²) >= 11 is 0. The molecule has 0 saturated heterocycles. The van der Waals surface area contributed by atoms with E-state index in [1.165, 1.54) is 25.7 Å². The van der Waals surface area contributed by atoms with Gasteiger partial charge < -0.3 is 5.32 Å². The lowest BCUT2D eigenvalue weighted by atomic mass is 9.97. The van der Waals surface area contributed by atoms with Crippen molar-refractivity contribution in [2.24, 2.45) is 0 Å². The van der Waals surface area contributed by atoms with Crippen molar-refractivity contribution >= 4 is 0 Å². The molecule has 0 aliphatic rings. The SMILES string of the molecule is C=CCNC(C)(C)CCCCC. The van der Waals surface area contributed by atoms with Gasteiger partial charge in [-0.25, -0.2) is 0 Å². The van der Waals surface area contributed by atoms with Gasteiger partial charge in [-0.3, -0.25) is 0 Å². The number of unbranched alkanes of at least 4 members (excludes halogenated alkanes) is 2. The summed E-state index contributed by atoms with van der Waals surface area (Å²) in [6.45, 7) is 11.4. The van der Waals surface area contributed by atoms with Crippen molar-refractivity contribution in [1.82, 2.24) is 5.32 Å². The van der Waals surface area contributed by atoms with Gasteiger partial charge >= 0.3 is 0 Å². The van der Waals surface area contributed by atoms with E-state index in [-0.39, 0.29) is 5.54 Å². The highest BCUT2D eigenvalue weighted by Gasteiger charge is 2.14. The highest BCUT2D eigenvalue weighted by molar-refractivity contribution is 4.81. The van der Waals surface area contributed by atoms with Gasteiger partial charge in [0.2, 0.25) is 0 Å². The lowest BCUT2D eigenvalue weighted by Crippen LogP contribution is -2.39. The van der Waals surface area contributed by atoms with E-state index in [0.717, 1.165) is 6.54 Å². The van der Waals surface area contributed by atoms with Crippen LogP contribution in [0.2, 0.25) is 0 Å². The van der Waals surface area contributed by atoms with Gasteiger partial charge in [-0.2, -0.15) is 0 Å². The molecule has 0 radical (unpaired) electrons. The van der Waals surface area contributed by atoms with Gasteiger partial charge in [0.1, 0.15) is 0 Å². The second kappa shape index (κ2) is 6.24. The fourth-order valence-electron chi connectivity index (χ4n) is 1.25. The van der Waals surface area contributed by atoms with Crippen molar-refractivity contribution in [3.05, 3.63) is 12.7 Å². The highest BCUT2D eigenvalue weighted by Crippen LogP contribution is 2.13. The second-order valence-electron chi connectivity index (χ2n) is 4.01. The van der Waals surface area contributed by atoms with E-state index in [1.807, 2.05) is 6.08 Å². The summed E-state index contributed by atoms with van der Waals surface area (Å²) in [5, 5.41) is 3.45. The lowest BCUT2D eigenvalue weighted by molar-refractivity contribution is 0.364. The Morgan fingerprint density at radius 2 is 2.00 bits per heavy atom. The Hall–Kier alpha value is -0.300. The molecule has 0 aromatic carbocycles. The van der Waals surface area contributed by atoms with Crippen LogP contribution in [0.25, 0.3) is 0 Å². The molecule has 0 fully saturated rings. The first-order valence-electron chi connectivity index (χ1n) is 4.98. The first kappa shape index (κ1) is 11.7. The third-order valence-corrected chi connectivity index (χ3v) is 2.13. The van der Waals surface area contributed by atoms with Gasteiger partial charge in [0.05, 0.1) is 0 Å². The summed E-state index contributed by atoms with van der Waals surface area (Å²) in [6.07, 6.45) is 7.15.